The lowest BCUT2D eigenvalue weighted by atomic mass is 10.1. The van der Waals surface area contributed by atoms with Gasteiger partial charge in [-0.25, -0.2) is 4.57 Å². The number of phosphoric ester groups is 1. The molecule has 2 atom stereocenters. The minimum absolute atomic E-state index is 0.0925. The second kappa shape index (κ2) is 39.2. The van der Waals surface area contributed by atoms with E-state index >= 15 is 0 Å². The SMILES string of the molecule is CC/C=C\C/C=C\C/C=C\C/C=C\C/C=C\C=C/C(O)CCC(=O)OC[C@H](COP(=O)(O)O)OC(=O)CCCCCCCCC/C=C\C/C=C\CCCCC. The van der Waals surface area contributed by atoms with Crippen LogP contribution < -0.4 is 0 Å². The van der Waals surface area contributed by atoms with Gasteiger partial charge in [0.05, 0.1) is 12.7 Å². The van der Waals surface area contributed by atoms with Crippen LogP contribution in [0.4, 0.5) is 0 Å². The monoisotopic (exact) mass is 788 g/mol. The Hall–Kier alpha value is -3.07. The zero-order valence-electron chi connectivity index (χ0n) is 33.9. The molecule has 0 aromatic rings. The summed E-state index contributed by atoms with van der Waals surface area (Å²) in [4.78, 5) is 42.9. The first-order valence-electron chi connectivity index (χ1n) is 20.6. The van der Waals surface area contributed by atoms with E-state index in [1.807, 2.05) is 12.2 Å². The highest BCUT2D eigenvalue weighted by Gasteiger charge is 2.23. The van der Waals surface area contributed by atoms with Crippen LogP contribution in [-0.4, -0.2) is 52.3 Å². The summed E-state index contributed by atoms with van der Waals surface area (Å²) in [6.07, 6.45) is 50.2. The molecule has 0 aliphatic carbocycles. The minimum Gasteiger partial charge on any atom is -0.462 e. The van der Waals surface area contributed by atoms with E-state index < -0.39 is 45.2 Å². The number of hydrogen-bond acceptors (Lipinski definition) is 7. The first-order valence-corrected chi connectivity index (χ1v) is 22.2. The summed E-state index contributed by atoms with van der Waals surface area (Å²) in [6.45, 7) is 3.31. The smallest absolute Gasteiger partial charge is 0.462 e. The normalized spacial score (nSPS) is 14.1. The van der Waals surface area contributed by atoms with Crippen LogP contribution in [0.1, 0.15) is 149 Å². The highest BCUT2D eigenvalue weighted by molar-refractivity contribution is 7.46. The van der Waals surface area contributed by atoms with Gasteiger partial charge in [-0.15, -0.1) is 0 Å². The lowest BCUT2D eigenvalue weighted by Gasteiger charge is -2.18. The Morgan fingerprint density at radius 1 is 0.582 bits per heavy atom. The number of phosphoric acid groups is 1. The van der Waals surface area contributed by atoms with Gasteiger partial charge < -0.3 is 24.4 Å². The molecule has 0 fully saturated rings. The summed E-state index contributed by atoms with van der Waals surface area (Å²) in [7, 11) is -4.82. The second-order valence-corrected chi connectivity index (χ2v) is 14.7. The molecule has 0 radical (unpaired) electrons. The number of aliphatic hydroxyl groups is 1. The predicted octanol–water partition coefficient (Wildman–Crippen LogP) is 11.6. The number of unbranched alkanes of at least 4 members (excludes halogenated alkanes) is 10. The zero-order valence-corrected chi connectivity index (χ0v) is 34.8. The molecule has 0 aromatic carbocycles. The van der Waals surface area contributed by atoms with Crippen LogP contribution in [0.3, 0.4) is 0 Å². The number of allylic oxidation sites excluding steroid dienone is 15. The lowest BCUT2D eigenvalue weighted by molar-refractivity contribution is -0.161. The Balaban J connectivity index is 4.20. The molecular formula is C45H73O9P. The largest absolute Gasteiger partial charge is 0.469 e. The summed E-state index contributed by atoms with van der Waals surface area (Å²) in [5.41, 5.74) is 0. The molecule has 0 saturated heterocycles. The minimum atomic E-state index is -4.82. The molecule has 0 aromatic heterocycles. The number of rotatable bonds is 36. The third-order valence-electron chi connectivity index (χ3n) is 8.20. The molecule has 0 aliphatic rings. The Kier molecular flexibility index (Phi) is 37.0. The van der Waals surface area contributed by atoms with E-state index in [1.165, 1.54) is 38.5 Å². The maximum Gasteiger partial charge on any atom is 0.469 e. The molecule has 0 aliphatic heterocycles. The molecule has 3 N–H and O–H groups in total. The van der Waals surface area contributed by atoms with Gasteiger partial charge in [-0.1, -0.05) is 156 Å². The van der Waals surface area contributed by atoms with Gasteiger partial charge in [-0.2, -0.15) is 0 Å². The van der Waals surface area contributed by atoms with E-state index in [2.05, 4.69) is 91.3 Å². The third kappa shape index (κ3) is 41.9. The van der Waals surface area contributed by atoms with Crippen LogP contribution in [-0.2, 0) is 28.2 Å². The van der Waals surface area contributed by atoms with E-state index in [4.69, 9.17) is 19.3 Å². The quantitative estimate of drug-likeness (QED) is 0.0186. The van der Waals surface area contributed by atoms with Crippen molar-refractivity contribution in [2.24, 2.45) is 0 Å². The van der Waals surface area contributed by atoms with Crippen molar-refractivity contribution in [3.63, 3.8) is 0 Å². The van der Waals surface area contributed by atoms with Crippen molar-refractivity contribution in [2.75, 3.05) is 13.2 Å². The maximum atomic E-state index is 12.4. The van der Waals surface area contributed by atoms with Crippen molar-refractivity contribution in [3.8, 4) is 0 Å². The fraction of sp³-hybridized carbons (Fsp3) is 0.600. The van der Waals surface area contributed by atoms with E-state index in [1.54, 1.807) is 12.2 Å². The summed E-state index contributed by atoms with van der Waals surface area (Å²) in [5.74, 6) is -1.19. The molecule has 312 valence electrons. The molecule has 0 bridgehead atoms. The van der Waals surface area contributed by atoms with Crippen molar-refractivity contribution < 1.29 is 43.0 Å². The molecular weight excluding hydrogens is 715 g/mol. The summed E-state index contributed by atoms with van der Waals surface area (Å²) in [6, 6.07) is 0. The zero-order chi connectivity index (χ0) is 40.5. The van der Waals surface area contributed by atoms with Gasteiger partial charge in [0.2, 0.25) is 0 Å². The number of hydrogen-bond donors (Lipinski definition) is 3. The molecule has 9 nitrogen and oxygen atoms in total. The van der Waals surface area contributed by atoms with Crippen LogP contribution in [0.5, 0.6) is 0 Å². The van der Waals surface area contributed by atoms with Crippen molar-refractivity contribution in [2.45, 2.75) is 161 Å². The first-order chi connectivity index (χ1) is 26.7. The van der Waals surface area contributed by atoms with Gasteiger partial charge in [0.15, 0.2) is 6.10 Å². The molecule has 0 heterocycles. The summed E-state index contributed by atoms with van der Waals surface area (Å²) >= 11 is 0. The van der Waals surface area contributed by atoms with Crippen LogP contribution >= 0.6 is 7.82 Å². The second-order valence-electron chi connectivity index (χ2n) is 13.4. The van der Waals surface area contributed by atoms with Crippen molar-refractivity contribution in [3.05, 3.63) is 97.2 Å². The fourth-order valence-electron chi connectivity index (χ4n) is 5.10. The Morgan fingerprint density at radius 3 is 1.65 bits per heavy atom. The van der Waals surface area contributed by atoms with E-state index in [0.717, 1.165) is 70.6 Å². The van der Waals surface area contributed by atoms with Gasteiger partial charge >= 0.3 is 19.8 Å². The van der Waals surface area contributed by atoms with E-state index in [0.29, 0.717) is 6.42 Å². The van der Waals surface area contributed by atoms with Gasteiger partial charge in [0.25, 0.3) is 0 Å². The molecule has 10 heteroatoms. The molecule has 1 unspecified atom stereocenters. The van der Waals surface area contributed by atoms with Gasteiger partial charge in [-0.05, 0) is 77.0 Å². The highest BCUT2D eigenvalue weighted by Crippen LogP contribution is 2.36. The Morgan fingerprint density at radius 2 is 1.09 bits per heavy atom. The number of aliphatic hydroxyl groups excluding tert-OH is 1. The first kappa shape index (κ1) is 51.9. The summed E-state index contributed by atoms with van der Waals surface area (Å²) < 4.78 is 26.2. The van der Waals surface area contributed by atoms with Gasteiger partial charge in [0.1, 0.15) is 6.61 Å². The Bertz CT molecular complexity index is 1220. The summed E-state index contributed by atoms with van der Waals surface area (Å²) in [5, 5.41) is 10.2. The topological polar surface area (TPSA) is 140 Å². The Labute approximate surface area is 333 Å². The molecule has 0 amide bonds. The van der Waals surface area contributed by atoms with Gasteiger partial charge in [-0.3, -0.25) is 14.1 Å². The molecule has 55 heavy (non-hydrogen) atoms. The predicted molar refractivity (Wildman–Crippen MR) is 226 cm³/mol. The average molecular weight is 789 g/mol. The number of ether oxygens (including phenoxy) is 2. The lowest BCUT2D eigenvalue weighted by Crippen LogP contribution is -2.29. The number of carbonyl (C=O) groups excluding carboxylic acids is 2. The van der Waals surface area contributed by atoms with Crippen LogP contribution in [0.2, 0.25) is 0 Å². The third-order valence-corrected chi connectivity index (χ3v) is 8.69. The van der Waals surface area contributed by atoms with Crippen LogP contribution in [0.25, 0.3) is 0 Å². The van der Waals surface area contributed by atoms with Crippen LogP contribution in [0.15, 0.2) is 97.2 Å². The van der Waals surface area contributed by atoms with Gasteiger partial charge in [0, 0.05) is 12.8 Å². The maximum absolute atomic E-state index is 12.4. The van der Waals surface area contributed by atoms with Crippen LogP contribution in [0, 0.1) is 0 Å². The number of carbonyl (C=O) groups is 2. The molecule has 0 rings (SSSR count). The average Bonchev–Trinajstić information content (AvgIpc) is 3.15. The van der Waals surface area contributed by atoms with Crippen molar-refractivity contribution in [1.82, 2.24) is 0 Å². The standard InChI is InChI=1S/C45H73O9P/c1-3-5-7-9-11-13-15-17-19-21-23-25-27-29-31-33-35-37-45(48)54-43(41-53-55(49,50)51)40-52-44(47)39-38-42(46)36-34-32-30-28-26-24-22-20-18-16-14-12-10-8-6-4-2/h6,8,11-14,17-20,24,26,30,32,34,36,42-43,46H,3-5,7,9-10,15-16,21-23,25,27-29,31,33,35,37-41H2,1-2H3,(H2,49,50,51)/b8-6-,13-11-,14-12-,19-17-,20-18-,26-24-,32-30-,36-34-/t42?,43-/m1/s1. The fourth-order valence-corrected chi connectivity index (χ4v) is 5.46. The van der Waals surface area contributed by atoms with E-state index in [9.17, 15) is 19.3 Å². The number of esters is 2. The van der Waals surface area contributed by atoms with E-state index in [-0.39, 0.29) is 19.3 Å². The molecule has 0 saturated carbocycles. The highest BCUT2D eigenvalue weighted by atomic mass is 31.2. The van der Waals surface area contributed by atoms with Crippen molar-refractivity contribution in [1.29, 1.82) is 0 Å². The molecule has 0 spiro atoms. The van der Waals surface area contributed by atoms with Crippen molar-refractivity contribution >= 4 is 19.8 Å².